The summed E-state index contributed by atoms with van der Waals surface area (Å²) in [5, 5.41) is 4.33. The molecule has 0 fully saturated rings. The Kier molecular flexibility index (Phi) is 8.79. The fourth-order valence-corrected chi connectivity index (χ4v) is 7.88. The highest BCUT2D eigenvalue weighted by Crippen LogP contribution is 2.52. The molecule has 8 heterocycles. The maximum atomic E-state index is 9.44. The Morgan fingerprint density at radius 3 is 1.07 bits per heavy atom. The predicted molar refractivity (Wildman–Crippen MR) is 219 cm³/mol. The van der Waals surface area contributed by atoms with Crippen LogP contribution >= 0.6 is 0 Å². The molecule has 4 aromatic carbocycles. The van der Waals surface area contributed by atoms with Gasteiger partial charge < -0.3 is 19.2 Å². The Morgan fingerprint density at radius 1 is 0.421 bits per heavy atom. The van der Waals surface area contributed by atoms with E-state index in [-0.39, 0.29) is 23.1 Å². The first-order valence-electron chi connectivity index (χ1n) is 18.6. The average molecular weight is 757 g/mol. The van der Waals surface area contributed by atoms with Crippen molar-refractivity contribution in [2.45, 2.75) is 61.3 Å². The Bertz CT molecular complexity index is 2840. The molecule has 1 spiro atoms. The molecule has 6 aromatic rings. The van der Waals surface area contributed by atoms with Crippen molar-refractivity contribution in [2.24, 2.45) is 20.0 Å². The van der Waals surface area contributed by atoms with Crippen LogP contribution in [0.1, 0.15) is 77.6 Å². The van der Waals surface area contributed by atoms with Crippen molar-refractivity contribution < 1.29 is 28.3 Å². The maximum absolute atomic E-state index is 9.44. The van der Waals surface area contributed by atoms with E-state index in [1.165, 1.54) is 55.4 Å². The summed E-state index contributed by atoms with van der Waals surface area (Å²) < 4.78 is 9.32. The molecule has 0 unspecified atom stereocenters. The molecule has 0 atom stereocenters. The highest BCUT2D eigenvalue weighted by Gasteiger charge is 2.69. The molecule has 2 aromatic heterocycles. The molecule has 6 aliphatic rings. The highest BCUT2D eigenvalue weighted by atomic mass is 16.1. The van der Waals surface area contributed by atoms with Crippen LogP contribution in [0.15, 0.2) is 117 Å². The zero-order chi connectivity index (χ0) is 40.5. The van der Waals surface area contributed by atoms with E-state index < -0.39 is 5.91 Å². The van der Waals surface area contributed by atoms with Crippen LogP contribution in [0.3, 0.4) is 0 Å². The number of carbonyl (C=O) groups excluding carboxylic acids is 4. The Morgan fingerprint density at radius 2 is 0.719 bits per heavy atom. The molecular weight excluding hydrogens is 717 g/mol. The Labute approximate surface area is 327 Å². The smallest absolute Gasteiger partial charge is 0.300 e. The second kappa shape index (κ2) is 13.6. The summed E-state index contributed by atoms with van der Waals surface area (Å²) in [6.07, 6.45) is 0. The first-order chi connectivity index (χ1) is 27.3. The molecule has 12 heteroatoms. The van der Waals surface area contributed by atoms with Crippen LogP contribution in [0.25, 0.3) is 21.5 Å². The molecule has 0 saturated heterocycles. The van der Waals surface area contributed by atoms with Crippen molar-refractivity contribution in [3.8, 4) is 0 Å². The molecule has 282 valence electrons. The van der Waals surface area contributed by atoms with Gasteiger partial charge in [0.05, 0.1) is 22.3 Å². The molecule has 0 N–H and O–H groups in total. The van der Waals surface area contributed by atoms with Gasteiger partial charge in [-0.2, -0.15) is 9.13 Å². The normalized spacial score (nSPS) is 15.1. The monoisotopic (exact) mass is 756 g/mol. The van der Waals surface area contributed by atoms with Gasteiger partial charge in [-0.3, -0.25) is 0 Å². The van der Waals surface area contributed by atoms with Crippen molar-refractivity contribution in [1.82, 2.24) is 9.13 Å². The van der Waals surface area contributed by atoms with E-state index >= 15 is 0 Å². The summed E-state index contributed by atoms with van der Waals surface area (Å²) in [5.41, 5.74) is 6.13. The lowest BCUT2D eigenvalue weighted by Gasteiger charge is -2.40. The number of nitrogens with zero attached hydrogens (tertiary/aromatic N) is 8. The predicted octanol–water partition coefficient (Wildman–Crippen LogP) is 6.09. The van der Waals surface area contributed by atoms with Gasteiger partial charge in [0, 0.05) is 21.5 Å². The van der Waals surface area contributed by atoms with E-state index in [1.54, 1.807) is 0 Å². The van der Waals surface area contributed by atoms with Crippen LogP contribution in [0, 0.1) is 0 Å². The summed E-state index contributed by atoms with van der Waals surface area (Å²) in [6.45, 7) is 12.2. The van der Waals surface area contributed by atoms with E-state index in [0.717, 1.165) is 89.8 Å². The molecule has 0 amide bonds. The van der Waals surface area contributed by atoms with Crippen molar-refractivity contribution in [1.29, 1.82) is 0 Å². The standard InChI is InChI=1S/C33H16N8.4C3H6O/c1-2-10-18-17(9-1)25-34-27-19-11-3-4-12-20(19)29-36-31-23-15-7-8-16-24(23)32-37-30-22-14-6-5-13-21(22)28-35-26(18)38(25)33(39(27)29,40(28)30)41(31)32;4*1-3(2)4/h1-16H;4*1-2H3/q+2;;;;. The third-order valence-corrected chi connectivity index (χ3v) is 9.38. The zero-order valence-corrected chi connectivity index (χ0v) is 32.9. The van der Waals surface area contributed by atoms with Crippen LogP contribution in [0.5, 0.6) is 0 Å². The number of aliphatic imine (C=N–C) groups is 2. The number of rotatable bonds is 0. The van der Waals surface area contributed by atoms with E-state index in [4.69, 9.17) is 20.0 Å². The Balaban J connectivity index is 0.000000247. The third-order valence-electron chi connectivity index (χ3n) is 9.38. The van der Waals surface area contributed by atoms with Crippen LogP contribution < -0.4 is 11.0 Å². The molecule has 0 radical (unpaired) electrons. The molecule has 57 heavy (non-hydrogen) atoms. The minimum absolute atomic E-state index is 0.167. The highest BCUT2D eigenvalue weighted by molar-refractivity contribution is 6.20. The largest absolute Gasteiger partial charge is 0.404 e. The number of amidine groups is 4. The topological polar surface area (TPSA) is 134 Å². The van der Waals surface area contributed by atoms with Gasteiger partial charge in [0.15, 0.2) is 0 Å². The van der Waals surface area contributed by atoms with Crippen molar-refractivity contribution in [2.75, 3.05) is 0 Å². The van der Waals surface area contributed by atoms with E-state index in [1.807, 2.05) is 0 Å². The number of ketones is 4. The second-order valence-electron chi connectivity index (χ2n) is 14.8. The van der Waals surface area contributed by atoms with E-state index in [9.17, 15) is 19.2 Å². The fraction of sp³-hybridized carbons (Fsp3) is 0.200. The van der Waals surface area contributed by atoms with Crippen LogP contribution in [0.4, 0.5) is 11.6 Å². The maximum Gasteiger partial charge on any atom is 0.404 e. The zero-order valence-electron chi connectivity index (χ0n) is 32.9. The van der Waals surface area contributed by atoms with Crippen LogP contribution in [0.2, 0.25) is 0 Å². The summed E-state index contributed by atoms with van der Waals surface area (Å²) in [4.78, 5) is 59.4. The van der Waals surface area contributed by atoms with Gasteiger partial charge in [-0.1, -0.05) is 68.5 Å². The molecule has 12 rings (SSSR count). The number of hydrogen-bond acceptors (Lipinski definition) is 8. The fourth-order valence-electron chi connectivity index (χ4n) is 7.88. The van der Waals surface area contributed by atoms with E-state index in [2.05, 4.69) is 115 Å². The van der Waals surface area contributed by atoms with Gasteiger partial charge in [0.1, 0.15) is 23.1 Å². The Hall–Kier alpha value is -7.08. The second-order valence-corrected chi connectivity index (χ2v) is 14.8. The number of fused-ring (bicyclic) bond motifs is 12. The molecule has 12 nitrogen and oxygen atoms in total. The third kappa shape index (κ3) is 5.42. The minimum Gasteiger partial charge on any atom is -0.300 e. The lowest BCUT2D eigenvalue weighted by Crippen LogP contribution is -2.71. The quantitative estimate of drug-likeness (QED) is 0.174. The van der Waals surface area contributed by atoms with Gasteiger partial charge in [-0.05, 0) is 104 Å². The number of benzene rings is 4. The number of carbonyl (C=O) groups is 4. The lowest BCUT2D eigenvalue weighted by molar-refractivity contribution is -0.790. The van der Waals surface area contributed by atoms with E-state index in [0.29, 0.717) is 0 Å². The molecule has 0 saturated carbocycles. The number of hydrogen-bond donors (Lipinski definition) is 0. The average Bonchev–Trinajstić information content (AvgIpc) is 3.87. The number of Topliss-reactive ketones (excluding diaryl/α,β-unsaturated/α-hetero) is 4. The molecule has 6 aliphatic heterocycles. The van der Waals surface area contributed by atoms with Gasteiger partial charge >= 0.3 is 5.91 Å². The SMILES string of the molecule is CC(C)=O.CC(C)=O.CC(C)=O.CC(C)=O.c1ccc2c(c1)C1=Nc3c4ccccc4c4n3C35n6c(c7ccccc7c6=NC6=[N+]3C(=N4)c3ccccc36)=NC2=[N+]15. The summed E-state index contributed by atoms with van der Waals surface area (Å²) >= 11 is 0. The van der Waals surface area contributed by atoms with Crippen LogP contribution in [-0.2, 0) is 25.1 Å². The first kappa shape index (κ1) is 36.9. The van der Waals surface area contributed by atoms with Gasteiger partial charge in [0.2, 0.25) is 22.6 Å². The molecule has 0 aliphatic carbocycles. The first-order valence-corrected chi connectivity index (χ1v) is 18.6. The van der Waals surface area contributed by atoms with Gasteiger partial charge in [-0.15, -0.1) is 9.15 Å². The van der Waals surface area contributed by atoms with Crippen molar-refractivity contribution >= 4 is 79.7 Å². The number of aromatic nitrogens is 2. The summed E-state index contributed by atoms with van der Waals surface area (Å²) in [7, 11) is 0. The lowest BCUT2D eigenvalue weighted by atomic mass is 10.1. The summed E-state index contributed by atoms with van der Waals surface area (Å²) in [6, 6.07) is 34.0. The minimum atomic E-state index is -0.923. The summed E-state index contributed by atoms with van der Waals surface area (Å²) in [5.74, 6) is 5.13. The van der Waals surface area contributed by atoms with Crippen molar-refractivity contribution in [3.63, 3.8) is 0 Å². The van der Waals surface area contributed by atoms with Crippen LogP contribution in [-0.4, -0.2) is 64.8 Å². The van der Waals surface area contributed by atoms with Gasteiger partial charge in [0.25, 0.3) is 23.3 Å². The molecular formula is C45H40N8O4+2. The van der Waals surface area contributed by atoms with Gasteiger partial charge in [-0.25, -0.2) is 0 Å². The van der Waals surface area contributed by atoms with Crippen molar-refractivity contribution in [3.05, 3.63) is 130 Å². The molecule has 0 bridgehead atoms.